The quantitative estimate of drug-likeness (QED) is 0.306. The minimum atomic E-state index is -0.669. The maximum atomic E-state index is 15.2. The molecule has 12 heteroatoms. The Hall–Kier alpha value is -4.40. The molecule has 0 saturated heterocycles. The van der Waals surface area contributed by atoms with E-state index >= 15 is 4.39 Å². The number of amides is 1. The van der Waals surface area contributed by atoms with Gasteiger partial charge in [-0.3, -0.25) is 0 Å². The minimum Gasteiger partial charge on any atom is -0.476 e. The molecule has 3 N–H and O–H groups in total. The van der Waals surface area contributed by atoms with Crippen molar-refractivity contribution in [2.24, 2.45) is 5.92 Å². The summed E-state index contributed by atoms with van der Waals surface area (Å²) in [4.78, 5) is 21.3. The van der Waals surface area contributed by atoms with Crippen LogP contribution in [0.15, 0.2) is 36.8 Å². The van der Waals surface area contributed by atoms with Crippen LogP contribution in [-0.4, -0.2) is 50.1 Å². The third-order valence-corrected chi connectivity index (χ3v) is 6.47. The molecule has 11 nitrogen and oxygen atoms in total. The second-order valence-corrected chi connectivity index (χ2v) is 10.7. The van der Waals surface area contributed by atoms with E-state index in [1.54, 1.807) is 56.2 Å². The molecule has 0 bridgehead atoms. The van der Waals surface area contributed by atoms with Gasteiger partial charge in [0.15, 0.2) is 17.5 Å². The molecule has 212 valence electrons. The summed E-state index contributed by atoms with van der Waals surface area (Å²) in [7, 11) is 0. The zero-order chi connectivity index (χ0) is 28.9. The van der Waals surface area contributed by atoms with Crippen LogP contribution in [0.5, 0.6) is 5.88 Å². The molecule has 0 unspecified atom stereocenters. The minimum absolute atomic E-state index is 0.0255. The van der Waals surface area contributed by atoms with Crippen molar-refractivity contribution in [3.8, 4) is 17.6 Å². The van der Waals surface area contributed by atoms with Crippen molar-refractivity contribution >= 4 is 23.4 Å². The van der Waals surface area contributed by atoms with Gasteiger partial charge in [-0.2, -0.15) is 10.4 Å². The highest BCUT2D eigenvalue weighted by atomic mass is 19.1. The third-order valence-electron chi connectivity index (χ3n) is 6.47. The van der Waals surface area contributed by atoms with Crippen molar-refractivity contribution < 1.29 is 18.7 Å². The van der Waals surface area contributed by atoms with E-state index in [1.165, 1.54) is 0 Å². The van der Waals surface area contributed by atoms with Crippen LogP contribution >= 0.6 is 0 Å². The summed E-state index contributed by atoms with van der Waals surface area (Å²) < 4.78 is 27.8. The molecule has 1 saturated carbocycles. The zero-order valence-electron chi connectivity index (χ0n) is 23.4. The molecule has 1 aliphatic rings. The van der Waals surface area contributed by atoms with Crippen LogP contribution in [0.4, 0.5) is 26.5 Å². The standard InChI is InChI=1S/C28H35FN8O3/c1-6-39-26-22(37-12-8-11-32-37)14-20(16-31-26)34-24-19(15-30)13-21(29)25(36-24)35-23(18-9-7-10-18)17(2)33-27(38)40-28(3,4)5/h8,11-14,16-18,23H,6-7,9-10H2,1-5H3,(H,33,38)(H2,34,35,36)/t17-,23-/m0/s1. The Labute approximate surface area is 233 Å². The highest BCUT2D eigenvalue weighted by Crippen LogP contribution is 2.34. The van der Waals surface area contributed by atoms with Gasteiger partial charge in [-0.25, -0.2) is 23.8 Å². The molecule has 1 fully saturated rings. The normalized spacial score (nSPS) is 14.8. The molecular formula is C28H35FN8O3. The Morgan fingerprint density at radius 3 is 2.67 bits per heavy atom. The molecule has 0 radical (unpaired) electrons. The first-order valence-corrected chi connectivity index (χ1v) is 13.3. The average molecular weight is 551 g/mol. The van der Waals surface area contributed by atoms with E-state index < -0.39 is 17.5 Å². The Morgan fingerprint density at radius 1 is 1.30 bits per heavy atom. The van der Waals surface area contributed by atoms with Crippen LogP contribution in [0.1, 0.15) is 59.4 Å². The van der Waals surface area contributed by atoms with E-state index in [0.29, 0.717) is 23.9 Å². The van der Waals surface area contributed by atoms with Crippen molar-refractivity contribution in [1.82, 2.24) is 25.1 Å². The van der Waals surface area contributed by atoms with Gasteiger partial charge in [0.2, 0.25) is 5.88 Å². The van der Waals surface area contributed by atoms with Crippen LogP contribution in [0.3, 0.4) is 0 Å². The smallest absolute Gasteiger partial charge is 0.407 e. The molecule has 3 aromatic rings. The first kappa shape index (κ1) is 28.6. The summed E-state index contributed by atoms with van der Waals surface area (Å²) in [6.07, 6.45) is 7.33. The van der Waals surface area contributed by atoms with Gasteiger partial charge in [-0.1, -0.05) is 6.42 Å². The third kappa shape index (κ3) is 6.97. The Balaban J connectivity index is 1.60. The maximum absolute atomic E-state index is 15.2. The largest absolute Gasteiger partial charge is 0.476 e. The number of anilines is 3. The number of aromatic nitrogens is 4. The summed E-state index contributed by atoms with van der Waals surface area (Å²) in [5.74, 6) is 0.0656. The molecule has 0 aliphatic heterocycles. The number of nitrogens with zero attached hydrogens (tertiary/aromatic N) is 5. The van der Waals surface area contributed by atoms with Gasteiger partial charge in [-0.05, 0) is 71.6 Å². The molecule has 0 aromatic carbocycles. The summed E-state index contributed by atoms with van der Waals surface area (Å²) >= 11 is 0. The summed E-state index contributed by atoms with van der Waals surface area (Å²) in [5.41, 5.74) is 0.476. The molecule has 1 aliphatic carbocycles. The van der Waals surface area contributed by atoms with Crippen LogP contribution in [0.2, 0.25) is 0 Å². The fourth-order valence-electron chi connectivity index (χ4n) is 4.43. The number of alkyl carbamates (subject to hydrolysis) is 1. The number of hydrogen-bond donors (Lipinski definition) is 3. The van der Waals surface area contributed by atoms with Crippen LogP contribution in [0.25, 0.3) is 5.69 Å². The number of ether oxygens (including phenoxy) is 2. The van der Waals surface area contributed by atoms with Crippen molar-refractivity contribution in [2.45, 2.75) is 71.6 Å². The SMILES string of the molecule is CCOc1ncc(Nc2nc(N[C@H](C3CCC3)[C@H](C)NC(=O)OC(C)(C)C)c(F)cc2C#N)cc1-n1cccn1. The molecule has 3 aromatic heterocycles. The molecule has 1 amide bonds. The van der Waals surface area contributed by atoms with E-state index in [4.69, 9.17) is 9.47 Å². The van der Waals surface area contributed by atoms with E-state index in [0.717, 1.165) is 25.3 Å². The number of carbonyl (C=O) groups is 1. The van der Waals surface area contributed by atoms with Crippen molar-refractivity contribution in [3.05, 3.63) is 48.2 Å². The number of nitrogens with one attached hydrogen (secondary N) is 3. The van der Waals surface area contributed by atoms with Gasteiger partial charge in [0, 0.05) is 18.4 Å². The molecule has 2 atom stereocenters. The number of nitriles is 1. The number of carbonyl (C=O) groups excluding carboxylic acids is 1. The number of rotatable bonds is 10. The average Bonchev–Trinajstić information content (AvgIpc) is 3.39. The first-order chi connectivity index (χ1) is 19.1. The van der Waals surface area contributed by atoms with E-state index in [1.807, 2.05) is 19.9 Å². The van der Waals surface area contributed by atoms with E-state index in [2.05, 4.69) is 31.0 Å². The molecule has 4 rings (SSSR count). The van der Waals surface area contributed by atoms with Crippen molar-refractivity contribution in [1.29, 1.82) is 5.26 Å². The predicted octanol–water partition coefficient (Wildman–Crippen LogP) is 5.31. The lowest BCUT2D eigenvalue weighted by atomic mass is 9.77. The molecule has 40 heavy (non-hydrogen) atoms. The summed E-state index contributed by atoms with van der Waals surface area (Å²) in [5, 5.41) is 23.1. The topological polar surface area (TPSA) is 139 Å². The lowest BCUT2D eigenvalue weighted by molar-refractivity contribution is 0.0492. The number of halogens is 1. The second kappa shape index (κ2) is 12.2. The van der Waals surface area contributed by atoms with E-state index in [9.17, 15) is 10.1 Å². The number of pyridine rings is 2. The summed E-state index contributed by atoms with van der Waals surface area (Å²) in [6.45, 7) is 9.51. The highest BCUT2D eigenvalue weighted by molar-refractivity contribution is 5.69. The van der Waals surface area contributed by atoms with Gasteiger partial charge in [0.1, 0.15) is 17.4 Å². The van der Waals surface area contributed by atoms with Gasteiger partial charge < -0.3 is 25.4 Å². The second-order valence-electron chi connectivity index (χ2n) is 10.7. The monoisotopic (exact) mass is 550 g/mol. The highest BCUT2D eigenvalue weighted by Gasteiger charge is 2.34. The number of hydrogen-bond acceptors (Lipinski definition) is 9. The molecule has 3 heterocycles. The molecular weight excluding hydrogens is 515 g/mol. The fourth-order valence-corrected chi connectivity index (χ4v) is 4.43. The maximum Gasteiger partial charge on any atom is 0.407 e. The Morgan fingerprint density at radius 2 is 2.08 bits per heavy atom. The lowest BCUT2D eigenvalue weighted by Gasteiger charge is -2.38. The van der Waals surface area contributed by atoms with Gasteiger partial charge in [-0.15, -0.1) is 0 Å². The first-order valence-electron chi connectivity index (χ1n) is 13.3. The van der Waals surface area contributed by atoms with Crippen LogP contribution < -0.4 is 20.7 Å². The van der Waals surface area contributed by atoms with Gasteiger partial charge >= 0.3 is 6.09 Å². The van der Waals surface area contributed by atoms with Crippen LogP contribution in [0, 0.1) is 23.1 Å². The van der Waals surface area contributed by atoms with Crippen molar-refractivity contribution in [3.63, 3.8) is 0 Å². The molecule has 0 spiro atoms. The summed E-state index contributed by atoms with van der Waals surface area (Å²) in [6, 6.07) is 5.99. The van der Waals surface area contributed by atoms with Crippen molar-refractivity contribution in [2.75, 3.05) is 17.2 Å². The zero-order valence-corrected chi connectivity index (χ0v) is 23.4. The van der Waals surface area contributed by atoms with E-state index in [-0.39, 0.29) is 35.2 Å². The lowest BCUT2D eigenvalue weighted by Crippen LogP contribution is -2.51. The van der Waals surface area contributed by atoms with Gasteiger partial charge in [0.05, 0.1) is 30.1 Å². The Kier molecular flexibility index (Phi) is 8.72. The Bertz CT molecular complexity index is 1360. The van der Waals surface area contributed by atoms with Gasteiger partial charge in [0.25, 0.3) is 0 Å². The predicted molar refractivity (Wildman–Crippen MR) is 148 cm³/mol. The fraction of sp³-hybridized carbons (Fsp3) is 0.464. The van der Waals surface area contributed by atoms with Crippen LogP contribution in [-0.2, 0) is 4.74 Å².